The van der Waals surface area contributed by atoms with Crippen molar-refractivity contribution in [3.05, 3.63) is 41.2 Å². The lowest BCUT2D eigenvalue weighted by molar-refractivity contribution is 0.102. The van der Waals surface area contributed by atoms with E-state index in [0.29, 0.717) is 22.9 Å². The summed E-state index contributed by atoms with van der Waals surface area (Å²) in [5.41, 5.74) is 2.28. The van der Waals surface area contributed by atoms with Gasteiger partial charge in [0.25, 0.3) is 5.91 Å². The molecule has 1 fully saturated rings. The smallest absolute Gasteiger partial charge is 0.276 e. The third-order valence-electron chi connectivity index (χ3n) is 3.85. The number of aromatic nitrogens is 2. The van der Waals surface area contributed by atoms with Gasteiger partial charge < -0.3 is 5.32 Å². The Morgan fingerprint density at radius 1 is 1.30 bits per heavy atom. The number of sulfonamides is 1. The normalized spacial score (nSPS) is 14.7. The Bertz CT molecular complexity index is 853. The average Bonchev–Trinajstić information content (AvgIpc) is 3.26. The van der Waals surface area contributed by atoms with Gasteiger partial charge in [-0.3, -0.25) is 9.89 Å². The van der Waals surface area contributed by atoms with Gasteiger partial charge in [-0.05, 0) is 50.6 Å². The fourth-order valence-electron chi connectivity index (χ4n) is 2.33. The topological polar surface area (TPSA) is 104 Å². The lowest BCUT2D eigenvalue weighted by Crippen LogP contribution is -2.20. The van der Waals surface area contributed by atoms with Gasteiger partial charge in [-0.25, -0.2) is 13.1 Å². The third-order valence-corrected chi connectivity index (χ3v) is 5.41. The van der Waals surface area contributed by atoms with Gasteiger partial charge in [0, 0.05) is 17.3 Å². The Morgan fingerprint density at radius 2 is 2.04 bits per heavy atom. The molecule has 1 aliphatic rings. The number of hydrogen-bond donors (Lipinski definition) is 3. The molecule has 0 saturated heterocycles. The lowest BCUT2D eigenvalue weighted by atomic mass is 10.2. The van der Waals surface area contributed by atoms with Crippen LogP contribution in [0.5, 0.6) is 0 Å². The van der Waals surface area contributed by atoms with Gasteiger partial charge in [0.15, 0.2) is 5.69 Å². The van der Waals surface area contributed by atoms with E-state index in [0.717, 1.165) is 18.5 Å². The Kier molecular flexibility index (Phi) is 3.95. The van der Waals surface area contributed by atoms with Crippen LogP contribution in [0.4, 0.5) is 5.69 Å². The second kappa shape index (κ2) is 5.78. The summed E-state index contributed by atoms with van der Waals surface area (Å²) in [6.45, 7) is 1.70. The predicted molar refractivity (Wildman–Crippen MR) is 85.9 cm³/mol. The summed E-state index contributed by atoms with van der Waals surface area (Å²) in [7, 11) is -2.22. The summed E-state index contributed by atoms with van der Waals surface area (Å²) >= 11 is 0. The van der Waals surface area contributed by atoms with Gasteiger partial charge in [0.2, 0.25) is 10.0 Å². The first kappa shape index (κ1) is 15.7. The van der Waals surface area contributed by atoms with Crippen LogP contribution in [0.15, 0.2) is 29.2 Å². The molecule has 1 aliphatic carbocycles. The molecule has 122 valence electrons. The zero-order valence-electron chi connectivity index (χ0n) is 12.9. The number of rotatable bonds is 5. The summed E-state index contributed by atoms with van der Waals surface area (Å²) in [6, 6.07) is 6.50. The van der Waals surface area contributed by atoms with E-state index >= 15 is 0 Å². The number of anilines is 1. The van der Waals surface area contributed by atoms with Gasteiger partial charge in [-0.1, -0.05) is 6.07 Å². The van der Waals surface area contributed by atoms with Gasteiger partial charge >= 0.3 is 0 Å². The number of benzene rings is 1. The van der Waals surface area contributed by atoms with Gasteiger partial charge in [0.1, 0.15) is 0 Å². The maximum absolute atomic E-state index is 12.2. The molecule has 3 rings (SSSR count). The van der Waals surface area contributed by atoms with Crippen molar-refractivity contribution in [2.45, 2.75) is 30.6 Å². The first-order valence-electron chi connectivity index (χ1n) is 7.31. The van der Waals surface area contributed by atoms with Crippen molar-refractivity contribution in [1.29, 1.82) is 0 Å². The lowest BCUT2D eigenvalue weighted by Gasteiger charge is -2.09. The first-order valence-corrected chi connectivity index (χ1v) is 8.80. The summed E-state index contributed by atoms with van der Waals surface area (Å²) < 4.78 is 26.2. The number of nitrogens with zero attached hydrogens (tertiary/aromatic N) is 1. The highest BCUT2D eigenvalue weighted by atomic mass is 32.2. The van der Waals surface area contributed by atoms with Crippen molar-refractivity contribution in [3.8, 4) is 0 Å². The quantitative estimate of drug-likeness (QED) is 0.775. The molecule has 1 aromatic carbocycles. The highest BCUT2D eigenvalue weighted by Crippen LogP contribution is 2.39. The minimum atomic E-state index is -3.57. The summed E-state index contributed by atoms with van der Waals surface area (Å²) in [5.74, 6) is 0.112. The van der Waals surface area contributed by atoms with Gasteiger partial charge in [-0.2, -0.15) is 5.10 Å². The van der Waals surface area contributed by atoms with Crippen molar-refractivity contribution >= 4 is 21.6 Å². The molecule has 1 amide bonds. The van der Waals surface area contributed by atoms with Crippen molar-refractivity contribution in [3.63, 3.8) is 0 Å². The number of carbonyl (C=O) groups is 1. The van der Waals surface area contributed by atoms with Crippen LogP contribution in [0.2, 0.25) is 0 Å². The van der Waals surface area contributed by atoms with Crippen LogP contribution < -0.4 is 10.0 Å². The van der Waals surface area contributed by atoms with Crippen molar-refractivity contribution < 1.29 is 13.2 Å². The Morgan fingerprint density at radius 3 is 2.70 bits per heavy atom. The van der Waals surface area contributed by atoms with Crippen LogP contribution in [0.3, 0.4) is 0 Å². The van der Waals surface area contributed by atoms with E-state index < -0.39 is 10.0 Å². The maximum atomic E-state index is 12.2. The van der Waals surface area contributed by atoms with Crippen LogP contribution in [-0.2, 0) is 10.0 Å². The Hall–Kier alpha value is -2.19. The van der Waals surface area contributed by atoms with Crippen molar-refractivity contribution in [2.75, 3.05) is 12.4 Å². The highest BCUT2D eigenvalue weighted by molar-refractivity contribution is 7.89. The zero-order chi connectivity index (χ0) is 16.6. The van der Waals surface area contributed by atoms with Crippen LogP contribution in [0, 0.1) is 6.92 Å². The van der Waals surface area contributed by atoms with Gasteiger partial charge in [0.05, 0.1) is 4.90 Å². The molecule has 0 atom stereocenters. The number of aryl methyl sites for hydroxylation is 1. The average molecular weight is 334 g/mol. The van der Waals surface area contributed by atoms with E-state index in [9.17, 15) is 13.2 Å². The fourth-order valence-corrected chi connectivity index (χ4v) is 3.32. The zero-order valence-corrected chi connectivity index (χ0v) is 13.7. The molecule has 1 saturated carbocycles. The molecule has 0 bridgehead atoms. The molecule has 8 heteroatoms. The van der Waals surface area contributed by atoms with E-state index in [4.69, 9.17) is 0 Å². The second-order valence-electron chi connectivity index (χ2n) is 5.62. The minimum absolute atomic E-state index is 0.137. The number of hydrogen-bond acceptors (Lipinski definition) is 4. The summed E-state index contributed by atoms with van der Waals surface area (Å²) in [4.78, 5) is 12.4. The number of H-pyrrole nitrogens is 1. The third kappa shape index (κ3) is 3.27. The van der Waals surface area contributed by atoms with E-state index in [1.54, 1.807) is 25.1 Å². The van der Waals surface area contributed by atoms with Crippen LogP contribution in [0.1, 0.15) is 40.5 Å². The monoisotopic (exact) mass is 334 g/mol. The van der Waals surface area contributed by atoms with Gasteiger partial charge in [-0.15, -0.1) is 0 Å². The van der Waals surface area contributed by atoms with Crippen LogP contribution >= 0.6 is 0 Å². The number of amides is 1. The number of carbonyl (C=O) groups excluding carboxylic acids is 1. The van der Waals surface area contributed by atoms with E-state index in [2.05, 4.69) is 20.2 Å². The number of nitrogens with one attached hydrogen (secondary N) is 3. The minimum Gasteiger partial charge on any atom is -0.321 e. The molecule has 3 N–H and O–H groups in total. The standard InChI is InChI=1S/C15H18N4O3S/c1-9-3-6-11(7-14(9)23(21,22)16-2)17-15(20)13-8-12(18-19-13)10-4-5-10/h3,6-8,10,16H,4-5H2,1-2H3,(H,17,20)(H,18,19). The molecule has 0 unspecified atom stereocenters. The van der Waals surface area contributed by atoms with Crippen molar-refractivity contribution in [2.24, 2.45) is 0 Å². The van der Waals surface area contributed by atoms with Crippen LogP contribution in [0.25, 0.3) is 0 Å². The molecule has 0 radical (unpaired) electrons. The maximum Gasteiger partial charge on any atom is 0.276 e. The molecule has 0 aliphatic heterocycles. The largest absolute Gasteiger partial charge is 0.321 e. The SMILES string of the molecule is CNS(=O)(=O)c1cc(NC(=O)c2cc(C3CC3)[nH]n2)ccc1C. The second-order valence-corrected chi connectivity index (χ2v) is 7.48. The van der Waals surface area contributed by atoms with E-state index in [1.807, 2.05) is 0 Å². The molecule has 0 spiro atoms. The number of aromatic amines is 1. The summed E-state index contributed by atoms with van der Waals surface area (Å²) in [6.07, 6.45) is 2.24. The molecule has 7 nitrogen and oxygen atoms in total. The molecule has 2 aromatic rings. The molecular weight excluding hydrogens is 316 g/mol. The molecule has 1 heterocycles. The highest BCUT2D eigenvalue weighted by Gasteiger charge is 2.26. The van der Waals surface area contributed by atoms with Crippen LogP contribution in [-0.4, -0.2) is 31.6 Å². The molecular formula is C15H18N4O3S. The fraction of sp³-hybridized carbons (Fsp3) is 0.333. The Balaban J connectivity index is 1.81. The van der Waals surface area contributed by atoms with Crippen molar-refractivity contribution in [1.82, 2.24) is 14.9 Å². The summed E-state index contributed by atoms with van der Waals surface area (Å²) in [5, 5.41) is 9.56. The predicted octanol–water partition coefficient (Wildman–Crippen LogP) is 1.76. The first-order chi connectivity index (χ1) is 10.9. The van der Waals surface area contributed by atoms with E-state index in [-0.39, 0.29) is 10.8 Å². The van der Waals surface area contributed by atoms with E-state index in [1.165, 1.54) is 13.1 Å². The molecule has 1 aromatic heterocycles. The molecule has 23 heavy (non-hydrogen) atoms. The Labute approximate surface area is 134 Å².